The van der Waals surface area contributed by atoms with Crippen LogP contribution in [0.5, 0.6) is 11.5 Å². The van der Waals surface area contributed by atoms with Crippen LogP contribution in [-0.4, -0.2) is 20.4 Å². The second kappa shape index (κ2) is 6.44. The minimum absolute atomic E-state index is 0.707. The maximum absolute atomic E-state index is 5.31. The summed E-state index contributed by atoms with van der Waals surface area (Å²) in [6, 6.07) is 10.1. The average molecular weight is 283 g/mol. The van der Waals surface area contributed by atoms with Gasteiger partial charge in [-0.15, -0.1) is 0 Å². The fraction of sp³-hybridized carbons (Fsp3) is 0.278. The molecule has 0 aliphatic heterocycles. The van der Waals surface area contributed by atoms with Gasteiger partial charge in [0.25, 0.3) is 0 Å². The Bertz CT molecular complexity index is 652. The Morgan fingerprint density at radius 1 is 0.857 bits per heavy atom. The molecule has 0 amide bonds. The van der Waals surface area contributed by atoms with Gasteiger partial charge in [-0.05, 0) is 55.7 Å². The zero-order chi connectivity index (χ0) is 15.4. The number of benzene rings is 2. The highest BCUT2D eigenvalue weighted by Gasteiger charge is 2.04. The van der Waals surface area contributed by atoms with Crippen molar-refractivity contribution >= 4 is 11.9 Å². The molecule has 0 fully saturated rings. The van der Waals surface area contributed by atoms with Crippen LogP contribution in [0.15, 0.2) is 35.3 Å². The van der Waals surface area contributed by atoms with Crippen LogP contribution >= 0.6 is 0 Å². The van der Waals surface area contributed by atoms with Gasteiger partial charge in [0.15, 0.2) is 11.5 Å². The van der Waals surface area contributed by atoms with E-state index in [-0.39, 0.29) is 0 Å². The standard InChI is InChI=1S/C18H21NO2/c1-12-8-13(2)18(14(3)9-12)19-11-15-6-7-16(20-4)17(10-15)21-5/h6-11H,1-5H3. The van der Waals surface area contributed by atoms with Crippen LogP contribution in [0, 0.1) is 20.8 Å². The van der Waals surface area contributed by atoms with E-state index in [1.807, 2.05) is 24.4 Å². The number of rotatable bonds is 4. The van der Waals surface area contributed by atoms with E-state index in [0.29, 0.717) is 5.75 Å². The molecule has 0 aliphatic carbocycles. The Kier molecular flexibility index (Phi) is 4.63. The minimum Gasteiger partial charge on any atom is -0.493 e. The molecule has 0 saturated heterocycles. The van der Waals surface area contributed by atoms with Crippen LogP contribution < -0.4 is 9.47 Å². The highest BCUT2D eigenvalue weighted by molar-refractivity contribution is 5.84. The van der Waals surface area contributed by atoms with Gasteiger partial charge in [0, 0.05) is 6.21 Å². The van der Waals surface area contributed by atoms with Crippen LogP contribution in [0.1, 0.15) is 22.3 Å². The first-order valence-corrected chi connectivity index (χ1v) is 6.89. The normalized spacial score (nSPS) is 10.9. The maximum atomic E-state index is 5.31. The molecule has 0 radical (unpaired) electrons. The molecule has 2 rings (SSSR count). The smallest absolute Gasteiger partial charge is 0.161 e. The monoisotopic (exact) mass is 283 g/mol. The number of hydrogen-bond donors (Lipinski definition) is 0. The Balaban J connectivity index is 2.34. The summed E-state index contributed by atoms with van der Waals surface area (Å²) in [5.74, 6) is 1.43. The van der Waals surface area contributed by atoms with Crippen LogP contribution in [0.3, 0.4) is 0 Å². The van der Waals surface area contributed by atoms with Gasteiger partial charge in [0.1, 0.15) is 0 Å². The van der Waals surface area contributed by atoms with Crippen molar-refractivity contribution in [1.29, 1.82) is 0 Å². The van der Waals surface area contributed by atoms with Crippen molar-refractivity contribution in [3.63, 3.8) is 0 Å². The molecule has 0 N–H and O–H groups in total. The number of aliphatic imine (C=N–C) groups is 1. The SMILES string of the molecule is COc1ccc(C=Nc2c(C)cc(C)cc2C)cc1OC. The average Bonchev–Trinajstić information content (AvgIpc) is 2.45. The van der Waals surface area contributed by atoms with E-state index in [0.717, 1.165) is 17.0 Å². The molecule has 3 heteroatoms. The molecule has 0 spiro atoms. The first-order chi connectivity index (χ1) is 10.0. The maximum Gasteiger partial charge on any atom is 0.161 e. The van der Waals surface area contributed by atoms with Gasteiger partial charge in [-0.2, -0.15) is 0 Å². The molecule has 2 aromatic carbocycles. The third-order valence-electron chi connectivity index (χ3n) is 3.39. The highest BCUT2D eigenvalue weighted by Crippen LogP contribution is 2.28. The zero-order valence-corrected chi connectivity index (χ0v) is 13.2. The van der Waals surface area contributed by atoms with Crippen molar-refractivity contribution in [3.8, 4) is 11.5 Å². The van der Waals surface area contributed by atoms with Gasteiger partial charge >= 0.3 is 0 Å². The third-order valence-corrected chi connectivity index (χ3v) is 3.39. The number of nitrogens with zero attached hydrogens (tertiary/aromatic N) is 1. The van der Waals surface area contributed by atoms with Crippen LogP contribution in [0.4, 0.5) is 5.69 Å². The fourth-order valence-corrected chi connectivity index (χ4v) is 2.45. The molecule has 3 nitrogen and oxygen atoms in total. The van der Waals surface area contributed by atoms with E-state index in [1.54, 1.807) is 14.2 Å². The quantitative estimate of drug-likeness (QED) is 0.780. The van der Waals surface area contributed by atoms with Gasteiger partial charge in [0.05, 0.1) is 19.9 Å². The van der Waals surface area contributed by atoms with Crippen LogP contribution in [0.2, 0.25) is 0 Å². The molecule has 0 saturated carbocycles. The summed E-state index contributed by atoms with van der Waals surface area (Å²) in [7, 11) is 3.26. The lowest BCUT2D eigenvalue weighted by Crippen LogP contribution is -1.92. The lowest BCUT2D eigenvalue weighted by atomic mass is 10.1. The minimum atomic E-state index is 0.707. The van der Waals surface area contributed by atoms with Crippen molar-refractivity contribution < 1.29 is 9.47 Å². The van der Waals surface area contributed by atoms with Crippen LogP contribution in [-0.2, 0) is 0 Å². The number of ether oxygens (including phenoxy) is 2. The van der Waals surface area contributed by atoms with Crippen molar-refractivity contribution in [2.75, 3.05) is 14.2 Å². The van der Waals surface area contributed by atoms with Gasteiger partial charge in [0.2, 0.25) is 0 Å². The van der Waals surface area contributed by atoms with Crippen molar-refractivity contribution in [2.24, 2.45) is 4.99 Å². The van der Waals surface area contributed by atoms with Gasteiger partial charge in [-0.25, -0.2) is 0 Å². The van der Waals surface area contributed by atoms with Crippen molar-refractivity contribution in [2.45, 2.75) is 20.8 Å². The van der Waals surface area contributed by atoms with E-state index in [4.69, 9.17) is 9.47 Å². The zero-order valence-electron chi connectivity index (χ0n) is 13.2. The molecular formula is C18H21NO2. The van der Waals surface area contributed by atoms with E-state index in [2.05, 4.69) is 37.9 Å². The van der Waals surface area contributed by atoms with Crippen LogP contribution in [0.25, 0.3) is 0 Å². The topological polar surface area (TPSA) is 30.8 Å². The summed E-state index contributed by atoms with van der Waals surface area (Å²) < 4.78 is 10.5. The van der Waals surface area contributed by atoms with Crippen molar-refractivity contribution in [3.05, 3.63) is 52.6 Å². The number of methoxy groups -OCH3 is 2. The predicted octanol–water partition coefficient (Wildman–Crippen LogP) is 4.38. The number of aryl methyl sites for hydroxylation is 3. The largest absolute Gasteiger partial charge is 0.493 e. The van der Waals surface area contributed by atoms with E-state index >= 15 is 0 Å². The van der Waals surface area contributed by atoms with Gasteiger partial charge in [-0.1, -0.05) is 17.7 Å². The second-order valence-electron chi connectivity index (χ2n) is 5.12. The van der Waals surface area contributed by atoms with E-state index in [9.17, 15) is 0 Å². The highest BCUT2D eigenvalue weighted by atomic mass is 16.5. The summed E-state index contributed by atoms with van der Waals surface area (Å²) in [4.78, 5) is 4.63. The Labute approximate surface area is 126 Å². The number of hydrogen-bond acceptors (Lipinski definition) is 3. The lowest BCUT2D eigenvalue weighted by molar-refractivity contribution is 0.355. The summed E-state index contributed by atoms with van der Waals surface area (Å²) in [6.07, 6.45) is 1.85. The Hall–Kier alpha value is -2.29. The first kappa shape index (κ1) is 15.1. The molecule has 110 valence electrons. The second-order valence-corrected chi connectivity index (χ2v) is 5.12. The fourth-order valence-electron chi connectivity index (χ4n) is 2.45. The lowest BCUT2D eigenvalue weighted by Gasteiger charge is -2.08. The molecule has 0 bridgehead atoms. The van der Waals surface area contributed by atoms with Gasteiger partial charge in [-0.3, -0.25) is 4.99 Å². The molecule has 0 heterocycles. The van der Waals surface area contributed by atoms with Gasteiger partial charge < -0.3 is 9.47 Å². The Morgan fingerprint density at radius 3 is 2.05 bits per heavy atom. The first-order valence-electron chi connectivity index (χ1n) is 6.89. The molecule has 21 heavy (non-hydrogen) atoms. The predicted molar refractivity (Wildman–Crippen MR) is 87.5 cm³/mol. The molecule has 0 aromatic heterocycles. The summed E-state index contributed by atoms with van der Waals surface area (Å²) >= 11 is 0. The Morgan fingerprint density at radius 2 is 1.48 bits per heavy atom. The molecule has 0 aliphatic rings. The summed E-state index contributed by atoms with van der Waals surface area (Å²) in [5.41, 5.74) is 5.63. The molecule has 0 unspecified atom stereocenters. The summed E-state index contributed by atoms with van der Waals surface area (Å²) in [5, 5.41) is 0. The molecule has 0 atom stereocenters. The molecule has 2 aromatic rings. The van der Waals surface area contributed by atoms with E-state index < -0.39 is 0 Å². The summed E-state index contributed by atoms with van der Waals surface area (Å²) in [6.45, 7) is 6.27. The van der Waals surface area contributed by atoms with E-state index in [1.165, 1.54) is 16.7 Å². The molecular weight excluding hydrogens is 262 g/mol. The van der Waals surface area contributed by atoms with Crippen molar-refractivity contribution in [1.82, 2.24) is 0 Å². The third kappa shape index (κ3) is 3.43.